The van der Waals surface area contributed by atoms with Crippen LogP contribution in [0.4, 0.5) is 0 Å². The monoisotopic (exact) mass is 379 g/mol. The van der Waals surface area contributed by atoms with Crippen LogP contribution in [0.1, 0.15) is 38.5 Å². The van der Waals surface area contributed by atoms with Crippen molar-refractivity contribution >= 4 is 28.9 Å². The fraction of sp³-hybridized carbons (Fsp3) is 0.786. The molecule has 1 amide bonds. The van der Waals surface area contributed by atoms with E-state index in [2.05, 4.69) is 5.92 Å². The lowest BCUT2D eigenvalue weighted by atomic mass is 9.80. The molecular weight excluding hydrogens is 357 g/mol. The first-order chi connectivity index (χ1) is 9.17. The van der Waals surface area contributed by atoms with Crippen molar-refractivity contribution in [2.75, 3.05) is 26.3 Å². The van der Waals surface area contributed by atoms with Gasteiger partial charge in [0.25, 0.3) is 0 Å². The lowest BCUT2D eigenvalue weighted by Gasteiger charge is -2.40. The van der Waals surface area contributed by atoms with E-state index in [4.69, 9.17) is 9.49 Å². The van der Waals surface area contributed by atoms with Crippen molar-refractivity contribution < 1.29 is 13.0 Å². The van der Waals surface area contributed by atoms with Gasteiger partial charge in [0, 0.05) is 31.3 Å². The van der Waals surface area contributed by atoms with Gasteiger partial charge in [0.15, 0.2) is 0 Å². The van der Waals surface area contributed by atoms with E-state index >= 15 is 0 Å². The highest BCUT2D eigenvalue weighted by molar-refractivity contribution is 14.1. The molecule has 1 heterocycles. The van der Waals surface area contributed by atoms with Gasteiger partial charge in [-0.1, -0.05) is 0 Å². The van der Waals surface area contributed by atoms with Crippen molar-refractivity contribution in [1.82, 2.24) is 4.90 Å². The summed E-state index contributed by atoms with van der Waals surface area (Å²) in [5, 5.41) is 9.49. The highest BCUT2D eigenvalue weighted by Gasteiger charge is 2.35. The number of hydrogen-bond donors (Lipinski definition) is 1. The summed E-state index contributed by atoms with van der Waals surface area (Å²) in [7, 11) is 0. The molecule has 1 fully saturated rings. The Morgan fingerprint density at radius 3 is 2.63 bits per heavy atom. The SMILES string of the molecule is C#CCCCCC(=O)N1CCC(CO)(COI)CC1. The summed E-state index contributed by atoms with van der Waals surface area (Å²) in [6.07, 6.45) is 9.90. The zero-order valence-electron chi connectivity index (χ0n) is 11.2. The average Bonchev–Trinajstić information content (AvgIpc) is 2.44. The molecule has 0 aromatic carbocycles. The molecule has 19 heavy (non-hydrogen) atoms. The molecule has 5 heteroatoms. The Hall–Kier alpha value is -0.320. The molecule has 4 nitrogen and oxygen atoms in total. The van der Waals surface area contributed by atoms with Crippen LogP contribution in [-0.4, -0.2) is 42.2 Å². The molecule has 0 aliphatic carbocycles. The minimum Gasteiger partial charge on any atom is -0.396 e. The van der Waals surface area contributed by atoms with Crippen LogP contribution in [-0.2, 0) is 7.86 Å². The van der Waals surface area contributed by atoms with Crippen LogP contribution in [0.25, 0.3) is 0 Å². The molecule has 0 saturated carbocycles. The van der Waals surface area contributed by atoms with Gasteiger partial charge >= 0.3 is 0 Å². The predicted octanol–water partition coefficient (Wildman–Crippen LogP) is 2.15. The van der Waals surface area contributed by atoms with Gasteiger partial charge in [-0.2, -0.15) is 0 Å². The number of halogens is 1. The third kappa shape index (κ3) is 5.28. The number of piperidine rings is 1. The molecule has 1 saturated heterocycles. The molecule has 1 aliphatic heterocycles. The summed E-state index contributed by atoms with van der Waals surface area (Å²) in [5.41, 5.74) is -0.165. The van der Waals surface area contributed by atoms with Gasteiger partial charge in [-0.25, -0.2) is 0 Å². The summed E-state index contributed by atoms with van der Waals surface area (Å²) >= 11 is 1.86. The third-order valence-corrected chi connectivity index (χ3v) is 4.15. The van der Waals surface area contributed by atoms with Crippen molar-refractivity contribution in [3.8, 4) is 12.3 Å². The van der Waals surface area contributed by atoms with Gasteiger partial charge in [0.05, 0.1) is 13.2 Å². The van der Waals surface area contributed by atoms with Gasteiger partial charge in [-0.15, -0.1) is 12.3 Å². The zero-order valence-corrected chi connectivity index (χ0v) is 13.4. The number of nitrogens with zero attached hydrogens (tertiary/aromatic N) is 1. The first-order valence-corrected chi connectivity index (χ1v) is 7.61. The van der Waals surface area contributed by atoms with E-state index in [-0.39, 0.29) is 17.9 Å². The topological polar surface area (TPSA) is 49.8 Å². The molecule has 0 unspecified atom stereocenters. The summed E-state index contributed by atoms with van der Waals surface area (Å²) in [6, 6.07) is 0. The number of aliphatic hydroxyl groups is 1. The second-order valence-corrected chi connectivity index (χ2v) is 5.83. The number of likely N-dealkylation sites (tertiary alicyclic amines) is 1. The summed E-state index contributed by atoms with van der Waals surface area (Å²) in [6.45, 7) is 2.11. The molecule has 1 aliphatic rings. The maximum atomic E-state index is 12.0. The number of unbranched alkanes of at least 4 members (excludes halogenated alkanes) is 2. The Bertz CT molecular complexity index is 319. The maximum absolute atomic E-state index is 12.0. The molecule has 0 aromatic rings. The number of carbonyl (C=O) groups is 1. The maximum Gasteiger partial charge on any atom is 0.222 e. The van der Waals surface area contributed by atoms with Crippen molar-refractivity contribution in [3.05, 3.63) is 0 Å². The summed E-state index contributed by atoms with van der Waals surface area (Å²) in [5.74, 6) is 2.79. The van der Waals surface area contributed by atoms with E-state index in [9.17, 15) is 9.90 Å². The number of amides is 1. The Morgan fingerprint density at radius 2 is 2.11 bits per heavy atom. The molecular formula is C14H22INO3. The third-order valence-electron chi connectivity index (χ3n) is 3.83. The van der Waals surface area contributed by atoms with Crippen molar-refractivity contribution in [1.29, 1.82) is 0 Å². The van der Waals surface area contributed by atoms with E-state index in [0.717, 1.165) is 32.1 Å². The minimum atomic E-state index is -0.165. The van der Waals surface area contributed by atoms with Crippen LogP contribution in [0.5, 0.6) is 0 Å². The van der Waals surface area contributed by atoms with Crippen LogP contribution in [0.2, 0.25) is 0 Å². The molecule has 108 valence electrons. The number of carbonyl (C=O) groups excluding carboxylic acids is 1. The first kappa shape index (κ1) is 16.7. The number of hydrogen-bond acceptors (Lipinski definition) is 3. The molecule has 0 spiro atoms. The van der Waals surface area contributed by atoms with Crippen LogP contribution in [0, 0.1) is 17.8 Å². The minimum absolute atomic E-state index is 0.125. The number of terminal acetylenes is 1. The Morgan fingerprint density at radius 1 is 1.42 bits per heavy atom. The number of aliphatic hydroxyl groups excluding tert-OH is 1. The molecule has 1 rings (SSSR count). The Labute approximate surface area is 129 Å². The van der Waals surface area contributed by atoms with E-state index in [1.54, 1.807) is 0 Å². The highest BCUT2D eigenvalue weighted by atomic mass is 127. The molecule has 0 bridgehead atoms. The normalized spacial score (nSPS) is 18.1. The van der Waals surface area contributed by atoms with Crippen LogP contribution < -0.4 is 0 Å². The van der Waals surface area contributed by atoms with Gasteiger partial charge in [0.2, 0.25) is 5.91 Å². The van der Waals surface area contributed by atoms with E-state index in [1.807, 2.05) is 27.9 Å². The summed E-state index contributed by atoms with van der Waals surface area (Å²) in [4.78, 5) is 13.9. The van der Waals surface area contributed by atoms with Crippen LogP contribution >= 0.6 is 23.0 Å². The molecule has 0 atom stereocenters. The van der Waals surface area contributed by atoms with Gasteiger partial charge in [0.1, 0.15) is 23.0 Å². The average molecular weight is 379 g/mol. The molecule has 1 N–H and O–H groups in total. The molecule has 0 aromatic heterocycles. The lowest BCUT2D eigenvalue weighted by Crippen LogP contribution is -2.46. The van der Waals surface area contributed by atoms with Crippen molar-refractivity contribution in [2.24, 2.45) is 5.41 Å². The van der Waals surface area contributed by atoms with E-state index in [0.29, 0.717) is 26.1 Å². The number of rotatable bonds is 7. The fourth-order valence-corrected chi connectivity index (χ4v) is 3.02. The predicted molar refractivity (Wildman–Crippen MR) is 82.6 cm³/mol. The van der Waals surface area contributed by atoms with Crippen molar-refractivity contribution in [3.63, 3.8) is 0 Å². The largest absolute Gasteiger partial charge is 0.396 e. The quantitative estimate of drug-likeness (QED) is 0.419. The lowest BCUT2D eigenvalue weighted by molar-refractivity contribution is -0.134. The standard InChI is InChI=1S/C14H22INO3/c1-2-3-4-5-6-13(18)16-9-7-14(11-17,8-10-16)12-19-15/h1,17H,3-12H2. The van der Waals surface area contributed by atoms with E-state index < -0.39 is 0 Å². The zero-order chi connectivity index (χ0) is 14.1. The van der Waals surface area contributed by atoms with Gasteiger partial charge in [-0.05, 0) is 25.7 Å². The van der Waals surface area contributed by atoms with Crippen LogP contribution in [0.3, 0.4) is 0 Å². The first-order valence-electron chi connectivity index (χ1n) is 6.73. The Balaban J connectivity index is 2.32. The highest BCUT2D eigenvalue weighted by Crippen LogP contribution is 2.32. The van der Waals surface area contributed by atoms with Gasteiger partial charge < -0.3 is 13.1 Å². The van der Waals surface area contributed by atoms with Crippen molar-refractivity contribution in [2.45, 2.75) is 38.5 Å². The second-order valence-electron chi connectivity index (χ2n) is 5.20. The summed E-state index contributed by atoms with van der Waals surface area (Å²) < 4.78 is 5.15. The Kier molecular flexibility index (Phi) is 7.73. The van der Waals surface area contributed by atoms with E-state index in [1.165, 1.54) is 0 Å². The van der Waals surface area contributed by atoms with Gasteiger partial charge in [-0.3, -0.25) is 4.79 Å². The molecule has 0 radical (unpaired) electrons. The second kappa shape index (κ2) is 8.77. The fourth-order valence-electron chi connectivity index (χ4n) is 2.36. The smallest absolute Gasteiger partial charge is 0.222 e. The van der Waals surface area contributed by atoms with Crippen LogP contribution in [0.15, 0.2) is 0 Å².